The van der Waals surface area contributed by atoms with Crippen LogP contribution < -0.4 is 5.32 Å². The molecule has 1 aromatic rings. The van der Waals surface area contributed by atoms with Crippen LogP contribution in [0.25, 0.3) is 0 Å². The van der Waals surface area contributed by atoms with Gasteiger partial charge >= 0.3 is 0 Å². The van der Waals surface area contributed by atoms with E-state index in [4.69, 9.17) is 0 Å². The number of nitrogens with zero attached hydrogens (tertiary/aromatic N) is 1. The second-order valence-electron chi connectivity index (χ2n) is 5.04. The van der Waals surface area contributed by atoms with Crippen LogP contribution in [0.1, 0.15) is 26.2 Å². The first kappa shape index (κ1) is 14.3. The van der Waals surface area contributed by atoms with Gasteiger partial charge in [-0.1, -0.05) is 0 Å². The smallest absolute Gasteiger partial charge is 0.159 e. The lowest BCUT2D eigenvalue weighted by Crippen LogP contribution is -2.42. The van der Waals surface area contributed by atoms with Crippen LogP contribution >= 0.6 is 11.8 Å². The van der Waals surface area contributed by atoms with E-state index in [1.807, 2.05) is 6.92 Å². The highest BCUT2D eigenvalue weighted by atomic mass is 32.2. The first-order valence-electron chi connectivity index (χ1n) is 6.29. The molecule has 0 radical (unpaired) electrons. The van der Waals surface area contributed by atoms with Gasteiger partial charge in [-0.05, 0) is 44.4 Å². The SMILES string of the molecule is CC(C#N)(CCSc1ccc(F)c(F)c1)NC1CC1. The molecule has 1 aliphatic carbocycles. The summed E-state index contributed by atoms with van der Waals surface area (Å²) in [6.45, 7) is 1.89. The zero-order valence-electron chi connectivity index (χ0n) is 10.7. The maximum atomic E-state index is 13.0. The molecule has 0 spiro atoms. The molecule has 1 fully saturated rings. The van der Waals surface area contributed by atoms with Crippen molar-refractivity contribution in [1.29, 1.82) is 5.26 Å². The van der Waals surface area contributed by atoms with Crippen LogP contribution in [0.5, 0.6) is 0 Å². The summed E-state index contributed by atoms with van der Waals surface area (Å²) in [4.78, 5) is 0.686. The van der Waals surface area contributed by atoms with E-state index in [1.165, 1.54) is 17.8 Å². The Kier molecular flexibility index (Phi) is 4.43. The summed E-state index contributed by atoms with van der Waals surface area (Å²) in [6.07, 6.45) is 2.94. The maximum Gasteiger partial charge on any atom is 0.159 e. The molecular formula is C14H16F2N2S. The van der Waals surface area contributed by atoms with Crippen LogP contribution in [0.2, 0.25) is 0 Å². The van der Waals surface area contributed by atoms with E-state index >= 15 is 0 Å². The number of nitriles is 1. The Labute approximate surface area is 116 Å². The number of thioether (sulfide) groups is 1. The van der Waals surface area contributed by atoms with Crippen molar-refractivity contribution in [3.63, 3.8) is 0 Å². The molecule has 0 amide bonds. The number of rotatable bonds is 6. The minimum atomic E-state index is -0.832. The number of hydrogen-bond acceptors (Lipinski definition) is 3. The van der Waals surface area contributed by atoms with Crippen molar-refractivity contribution in [3.8, 4) is 6.07 Å². The molecule has 2 rings (SSSR count). The van der Waals surface area contributed by atoms with E-state index in [9.17, 15) is 14.0 Å². The minimum Gasteiger partial charge on any atom is -0.297 e. The standard InChI is InChI=1S/C14H16F2N2S/c1-14(9-17,18-10-2-3-10)6-7-19-11-4-5-12(15)13(16)8-11/h4-5,8,10,18H,2-3,6-7H2,1H3. The molecule has 102 valence electrons. The predicted molar refractivity (Wildman–Crippen MR) is 71.9 cm³/mol. The van der Waals surface area contributed by atoms with Crippen molar-refractivity contribution in [3.05, 3.63) is 29.8 Å². The molecule has 1 saturated carbocycles. The van der Waals surface area contributed by atoms with E-state index in [0.29, 0.717) is 23.1 Å². The number of halogens is 2. The predicted octanol–water partition coefficient (Wildman–Crippen LogP) is 3.48. The molecule has 5 heteroatoms. The fourth-order valence-corrected chi connectivity index (χ4v) is 2.88. The fraction of sp³-hybridized carbons (Fsp3) is 0.500. The zero-order valence-corrected chi connectivity index (χ0v) is 11.6. The van der Waals surface area contributed by atoms with Gasteiger partial charge in [0.1, 0.15) is 5.54 Å². The van der Waals surface area contributed by atoms with Gasteiger partial charge in [-0.2, -0.15) is 5.26 Å². The molecular weight excluding hydrogens is 266 g/mol. The van der Waals surface area contributed by atoms with Crippen molar-refractivity contribution in [2.75, 3.05) is 5.75 Å². The van der Waals surface area contributed by atoms with Crippen LogP contribution in [-0.2, 0) is 0 Å². The molecule has 0 aromatic heterocycles. The molecule has 1 aliphatic rings. The van der Waals surface area contributed by atoms with Crippen LogP contribution in [0, 0.1) is 23.0 Å². The average molecular weight is 282 g/mol. The third-order valence-electron chi connectivity index (χ3n) is 3.11. The number of hydrogen-bond donors (Lipinski definition) is 1. The second-order valence-corrected chi connectivity index (χ2v) is 6.21. The molecule has 0 aliphatic heterocycles. The molecule has 0 saturated heterocycles. The van der Waals surface area contributed by atoms with Crippen LogP contribution in [0.3, 0.4) is 0 Å². The molecule has 2 nitrogen and oxygen atoms in total. The zero-order chi connectivity index (χ0) is 13.9. The number of nitrogens with one attached hydrogen (secondary N) is 1. The van der Waals surface area contributed by atoms with Gasteiger partial charge < -0.3 is 0 Å². The topological polar surface area (TPSA) is 35.8 Å². The van der Waals surface area contributed by atoms with Crippen molar-refractivity contribution in [2.45, 2.75) is 42.7 Å². The molecule has 1 unspecified atom stereocenters. The third-order valence-corrected chi connectivity index (χ3v) is 4.10. The van der Waals surface area contributed by atoms with Crippen LogP contribution in [0.15, 0.2) is 23.1 Å². The monoisotopic (exact) mass is 282 g/mol. The van der Waals surface area contributed by atoms with Gasteiger partial charge in [0.25, 0.3) is 0 Å². The van der Waals surface area contributed by atoms with E-state index in [1.54, 1.807) is 6.07 Å². The first-order valence-corrected chi connectivity index (χ1v) is 7.28. The summed E-state index contributed by atoms with van der Waals surface area (Å²) in [5.74, 6) is -0.972. The van der Waals surface area contributed by atoms with Gasteiger partial charge in [0, 0.05) is 16.7 Å². The fourth-order valence-electron chi connectivity index (χ4n) is 1.78. The highest BCUT2D eigenvalue weighted by molar-refractivity contribution is 7.99. The van der Waals surface area contributed by atoms with Gasteiger partial charge in [0.15, 0.2) is 11.6 Å². The van der Waals surface area contributed by atoms with E-state index in [0.717, 1.165) is 18.9 Å². The minimum absolute atomic E-state index is 0.470. The highest BCUT2D eigenvalue weighted by Gasteiger charge is 2.32. The van der Waals surface area contributed by atoms with Crippen LogP contribution in [-0.4, -0.2) is 17.3 Å². The van der Waals surface area contributed by atoms with Crippen molar-refractivity contribution < 1.29 is 8.78 Å². The molecule has 0 bridgehead atoms. The van der Waals surface area contributed by atoms with Crippen molar-refractivity contribution in [1.82, 2.24) is 5.32 Å². The largest absolute Gasteiger partial charge is 0.297 e. The lowest BCUT2D eigenvalue weighted by molar-refractivity contribution is 0.433. The lowest BCUT2D eigenvalue weighted by atomic mass is 10.0. The van der Waals surface area contributed by atoms with Crippen molar-refractivity contribution in [2.24, 2.45) is 0 Å². The second kappa shape index (κ2) is 5.89. The Morgan fingerprint density at radius 3 is 2.74 bits per heavy atom. The summed E-state index contributed by atoms with van der Waals surface area (Å²) in [5, 5.41) is 12.5. The Morgan fingerprint density at radius 1 is 1.42 bits per heavy atom. The van der Waals surface area contributed by atoms with Gasteiger partial charge in [0.05, 0.1) is 6.07 Å². The first-order chi connectivity index (χ1) is 9.02. The summed E-state index contributed by atoms with van der Waals surface area (Å²) in [6, 6.07) is 6.65. The lowest BCUT2D eigenvalue weighted by Gasteiger charge is -2.22. The Balaban J connectivity index is 1.84. The van der Waals surface area contributed by atoms with Gasteiger partial charge in [-0.15, -0.1) is 11.8 Å². The molecule has 1 N–H and O–H groups in total. The van der Waals surface area contributed by atoms with Crippen LogP contribution in [0.4, 0.5) is 8.78 Å². The van der Waals surface area contributed by atoms with Gasteiger partial charge in [0.2, 0.25) is 0 Å². The van der Waals surface area contributed by atoms with E-state index in [2.05, 4.69) is 11.4 Å². The molecule has 1 aromatic carbocycles. The van der Waals surface area contributed by atoms with Crippen molar-refractivity contribution >= 4 is 11.8 Å². The van der Waals surface area contributed by atoms with Gasteiger partial charge in [-0.3, -0.25) is 5.32 Å². The third kappa shape index (κ3) is 4.19. The summed E-state index contributed by atoms with van der Waals surface area (Å²) in [5.41, 5.74) is -0.535. The van der Waals surface area contributed by atoms with E-state index < -0.39 is 17.2 Å². The highest BCUT2D eigenvalue weighted by Crippen LogP contribution is 2.27. The maximum absolute atomic E-state index is 13.0. The Hall–Kier alpha value is -1.12. The molecule has 19 heavy (non-hydrogen) atoms. The molecule has 1 atom stereocenters. The Morgan fingerprint density at radius 2 is 2.16 bits per heavy atom. The van der Waals surface area contributed by atoms with E-state index in [-0.39, 0.29) is 0 Å². The molecule has 0 heterocycles. The summed E-state index contributed by atoms with van der Waals surface area (Å²) in [7, 11) is 0. The normalized spacial score (nSPS) is 17.8. The van der Waals surface area contributed by atoms with Gasteiger partial charge in [-0.25, -0.2) is 8.78 Å². The average Bonchev–Trinajstić information content (AvgIpc) is 3.17. The number of benzene rings is 1. The quantitative estimate of drug-likeness (QED) is 0.811. The summed E-state index contributed by atoms with van der Waals surface area (Å²) >= 11 is 1.44. The summed E-state index contributed by atoms with van der Waals surface area (Å²) < 4.78 is 25.8. The Bertz CT molecular complexity index is 497.